The van der Waals surface area contributed by atoms with E-state index in [0.717, 1.165) is 29.6 Å². The van der Waals surface area contributed by atoms with Gasteiger partial charge in [-0.3, -0.25) is 0 Å². The summed E-state index contributed by atoms with van der Waals surface area (Å²) in [6, 6.07) is 0. The minimum Gasteiger partial charge on any atom is -0.0998 e. The first-order valence-corrected chi connectivity index (χ1v) is 20.2. The van der Waals surface area contributed by atoms with E-state index in [0.29, 0.717) is 35.0 Å². The highest BCUT2D eigenvalue weighted by molar-refractivity contribution is 5.10. The van der Waals surface area contributed by atoms with Crippen molar-refractivity contribution in [2.75, 3.05) is 0 Å². The summed E-state index contributed by atoms with van der Waals surface area (Å²) in [5, 5.41) is 0. The topological polar surface area (TPSA) is 0 Å². The average Bonchev–Trinajstić information content (AvgIpc) is 2.99. The minimum atomic E-state index is 0.386. The van der Waals surface area contributed by atoms with Gasteiger partial charge in [0.1, 0.15) is 0 Å². The summed E-state index contributed by atoms with van der Waals surface area (Å²) < 4.78 is 0. The van der Waals surface area contributed by atoms with Crippen molar-refractivity contribution < 1.29 is 0 Å². The highest BCUT2D eigenvalue weighted by Crippen LogP contribution is 2.56. The molecule has 0 aromatic carbocycles. The summed E-state index contributed by atoms with van der Waals surface area (Å²) in [6.45, 7) is 44.1. The first kappa shape index (κ1) is 43.5. The van der Waals surface area contributed by atoms with Gasteiger partial charge < -0.3 is 0 Å². The zero-order valence-corrected chi connectivity index (χ0v) is 33.3. The summed E-state index contributed by atoms with van der Waals surface area (Å²) >= 11 is 0. The Labute approximate surface area is 281 Å². The van der Waals surface area contributed by atoms with Gasteiger partial charge in [-0.1, -0.05) is 172 Å². The second-order valence-corrected chi connectivity index (χ2v) is 15.9. The molecule has 0 spiro atoms. The monoisotopic (exact) mass is 615 g/mol. The van der Waals surface area contributed by atoms with E-state index in [-0.39, 0.29) is 0 Å². The molecule has 0 saturated heterocycles. The van der Waals surface area contributed by atoms with Crippen molar-refractivity contribution >= 4 is 0 Å². The lowest BCUT2D eigenvalue weighted by Gasteiger charge is -2.53. The lowest BCUT2D eigenvalue weighted by molar-refractivity contribution is -0.0263. The summed E-state index contributed by atoms with van der Waals surface area (Å²) in [6.07, 6.45) is 19.7. The van der Waals surface area contributed by atoms with Crippen molar-refractivity contribution in [3.8, 4) is 0 Å². The zero-order valence-electron chi connectivity index (χ0n) is 33.3. The van der Waals surface area contributed by atoms with E-state index in [1.807, 2.05) is 0 Å². The standard InChI is InChI=1S/C44H86/c1-17-26-30-44(25-9,43(33(12)13)41(28-19-3)32(10)11)38(22-6)31-37(21-5)42(29-20-4)40(24-8)36(16)35(15)39(23-7)34(14)27-18-2/h33-35,37-43H,10,16-31H2,1-9,11-15H3. The molecule has 0 aliphatic carbocycles. The van der Waals surface area contributed by atoms with E-state index in [2.05, 4.69) is 104 Å². The van der Waals surface area contributed by atoms with Crippen molar-refractivity contribution in [1.29, 1.82) is 0 Å². The highest BCUT2D eigenvalue weighted by Gasteiger charge is 2.48. The molecule has 0 amide bonds. The molecule has 262 valence electrons. The van der Waals surface area contributed by atoms with Gasteiger partial charge in [0.15, 0.2) is 0 Å². The van der Waals surface area contributed by atoms with Gasteiger partial charge in [-0.2, -0.15) is 0 Å². The summed E-state index contributed by atoms with van der Waals surface area (Å²) in [4.78, 5) is 0. The van der Waals surface area contributed by atoms with Crippen molar-refractivity contribution in [2.24, 2.45) is 64.6 Å². The zero-order chi connectivity index (χ0) is 34.0. The number of unbranched alkanes of at least 4 members (excludes halogenated alkanes) is 1. The largest absolute Gasteiger partial charge is 0.0998 e. The Balaban J connectivity index is 6.86. The SMILES string of the molecule is C=C(C(C)C(CC)C(C)CCC)C(CC)C(CCC)C(CC)CC(CC)C(CC)(CCCC)C(C(C)C)C(CCC)C(=C)C. The van der Waals surface area contributed by atoms with Crippen LogP contribution in [0.25, 0.3) is 0 Å². The fraction of sp³-hybridized carbons (Fsp3) is 0.909. The van der Waals surface area contributed by atoms with Crippen LogP contribution in [0.1, 0.15) is 193 Å². The molecule has 0 heteroatoms. The molecule has 10 atom stereocenters. The second kappa shape index (κ2) is 22.9. The van der Waals surface area contributed by atoms with E-state index in [1.54, 1.807) is 5.57 Å². The van der Waals surface area contributed by atoms with Crippen LogP contribution >= 0.6 is 0 Å². The van der Waals surface area contributed by atoms with E-state index in [1.165, 1.54) is 102 Å². The van der Waals surface area contributed by atoms with E-state index >= 15 is 0 Å². The van der Waals surface area contributed by atoms with Gasteiger partial charge >= 0.3 is 0 Å². The Morgan fingerprint density at radius 1 is 0.636 bits per heavy atom. The molecule has 0 aromatic rings. The third-order valence-electron chi connectivity index (χ3n) is 13.0. The molecule has 0 bridgehead atoms. The van der Waals surface area contributed by atoms with Gasteiger partial charge in [0.05, 0.1) is 0 Å². The first-order chi connectivity index (χ1) is 20.9. The van der Waals surface area contributed by atoms with E-state index < -0.39 is 0 Å². The Hall–Kier alpha value is -0.520. The summed E-state index contributed by atoms with van der Waals surface area (Å²) in [5.74, 6) is 7.13. The Bertz CT molecular complexity index is 743. The first-order valence-electron chi connectivity index (χ1n) is 20.2. The molecule has 10 unspecified atom stereocenters. The Morgan fingerprint density at radius 3 is 1.61 bits per heavy atom. The molecular formula is C44H86. The average molecular weight is 615 g/mol. The van der Waals surface area contributed by atoms with Crippen LogP contribution in [-0.2, 0) is 0 Å². The third kappa shape index (κ3) is 11.6. The van der Waals surface area contributed by atoms with Crippen molar-refractivity contribution in [1.82, 2.24) is 0 Å². The van der Waals surface area contributed by atoms with Crippen LogP contribution in [0.5, 0.6) is 0 Å². The van der Waals surface area contributed by atoms with Gasteiger partial charge in [0, 0.05) is 0 Å². The lowest BCUT2D eigenvalue weighted by atomic mass is 9.52. The Kier molecular flexibility index (Phi) is 22.6. The summed E-state index contributed by atoms with van der Waals surface area (Å²) in [7, 11) is 0. The fourth-order valence-electron chi connectivity index (χ4n) is 10.7. The molecular weight excluding hydrogens is 528 g/mol. The van der Waals surface area contributed by atoms with Crippen LogP contribution in [0.2, 0.25) is 0 Å². The predicted octanol–water partition coefficient (Wildman–Crippen LogP) is 15.4. The molecule has 0 aromatic heterocycles. The maximum absolute atomic E-state index is 4.97. The fourth-order valence-corrected chi connectivity index (χ4v) is 10.7. The van der Waals surface area contributed by atoms with Gasteiger partial charge in [0.25, 0.3) is 0 Å². The van der Waals surface area contributed by atoms with Crippen molar-refractivity contribution in [3.63, 3.8) is 0 Å². The third-order valence-corrected chi connectivity index (χ3v) is 13.0. The molecule has 0 aliphatic heterocycles. The van der Waals surface area contributed by atoms with Crippen molar-refractivity contribution in [3.05, 3.63) is 24.3 Å². The van der Waals surface area contributed by atoms with E-state index in [9.17, 15) is 0 Å². The quantitative estimate of drug-likeness (QED) is 0.0807. The van der Waals surface area contributed by atoms with Gasteiger partial charge in [0.2, 0.25) is 0 Å². The number of hydrogen-bond donors (Lipinski definition) is 0. The van der Waals surface area contributed by atoms with E-state index in [4.69, 9.17) is 6.58 Å². The van der Waals surface area contributed by atoms with Gasteiger partial charge in [-0.25, -0.2) is 0 Å². The predicted molar refractivity (Wildman–Crippen MR) is 204 cm³/mol. The molecule has 0 nitrogen and oxygen atoms in total. The van der Waals surface area contributed by atoms with Crippen LogP contribution < -0.4 is 0 Å². The molecule has 0 heterocycles. The molecule has 0 radical (unpaired) electrons. The van der Waals surface area contributed by atoms with Crippen LogP contribution in [0, 0.1) is 64.6 Å². The number of rotatable bonds is 27. The van der Waals surface area contributed by atoms with Crippen LogP contribution in [0.15, 0.2) is 24.3 Å². The highest BCUT2D eigenvalue weighted by atomic mass is 14.5. The van der Waals surface area contributed by atoms with Crippen LogP contribution in [0.3, 0.4) is 0 Å². The smallest absolute Gasteiger partial charge is 0.0173 e. The number of hydrogen-bond acceptors (Lipinski definition) is 0. The van der Waals surface area contributed by atoms with Gasteiger partial charge in [-0.15, -0.1) is 0 Å². The molecule has 0 aliphatic rings. The van der Waals surface area contributed by atoms with Gasteiger partial charge in [-0.05, 0) is 110 Å². The number of allylic oxidation sites excluding steroid dienone is 2. The van der Waals surface area contributed by atoms with Crippen LogP contribution in [0.4, 0.5) is 0 Å². The van der Waals surface area contributed by atoms with Crippen molar-refractivity contribution in [2.45, 2.75) is 193 Å². The van der Waals surface area contributed by atoms with Crippen LogP contribution in [-0.4, -0.2) is 0 Å². The maximum atomic E-state index is 4.97. The molecule has 0 saturated carbocycles. The second-order valence-electron chi connectivity index (χ2n) is 15.9. The molecule has 0 fully saturated rings. The lowest BCUT2D eigenvalue weighted by Crippen LogP contribution is -2.45. The molecule has 0 N–H and O–H groups in total. The molecule has 44 heavy (non-hydrogen) atoms. The summed E-state index contributed by atoms with van der Waals surface area (Å²) in [5.41, 5.74) is 3.41. The maximum Gasteiger partial charge on any atom is -0.0173 e. The minimum absolute atomic E-state index is 0.386. The normalized spacial score (nSPS) is 19.8. The Morgan fingerprint density at radius 2 is 1.23 bits per heavy atom. The molecule has 0 rings (SSSR count).